The van der Waals surface area contributed by atoms with Crippen LogP contribution in [0, 0.1) is 12.3 Å². The van der Waals surface area contributed by atoms with Crippen LogP contribution in [-0.4, -0.2) is 22.0 Å². The summed E-state index contributed by atoms with van der Waals surface area (Å²) in [5.41, 5.74) is 5.03. The lowest BCUT2D eigenvalue weighted by Gasteiger charge is -1.90. The van der Waals surface area contributed by atoms with Crippen LogP contribution >= 0.6 is 0 Å². The van der Waals surface area contributed by atoms with Gasteiger partial charge in [-0.1, -0.05) is 0 Å². The summed E-state index contributed by atoms with van der Waals surface area (Å²) in [6, 6.07) is 1.29. The lowest BCUT2D eigenvalue weighted by atomic mass is 10.4. The largest absolute Gasteiger partial charge is 0.364 e. The van der Waals surface area contributed by atoms with E-state index in [1.165, 1.54) is 6.07 Å². The van der Waals surface area contributed by atoms with E-state index in [1.807, 2.05) is 5.92 Å². The molecule has 0 fully saturated rings. The molecule has 1 heterocycles. The van der Waals surface area contributed by atoms with E-state index in [1.54, 1.807) is 0 Å². The van der Waals surface area contributed by atoms with E-state index in [-0.39, 0.29) is 11.5 Å². The number of nitrogens with two attached hydrogens (primary N) is 1. The molecule has 0 saturated carbocycles. The third kappa shape index (κ3) is 2.07. The van der Waals surface area contributed by atoms with Gasteiger partial charge in [-0.15, -0.1) is 6.42 Å². The molecule has 13 heavy (non-hydrogen) atoms. The SMILES string of the molecule is C#CC(=O)Nc1cc(C(N)=O)[nH]n1. The first-order chi connectivity index (χ1) is 6.13. The average Bonchev–Trinajstić information content (AvgIpc) is 2.52. The van der Waals surface area contributed by atoms with E-state index in [4.69, 9.17) is 12.2 Å². The smallest absolute Gasteiger partial charge is 0.301 e. The monoisotopic (exact) mass is 178 g/mol. The number of primary amides is 1. The van der Waals surface area contributed by atoms with Crippen molar-refractivity contribution in [1.82, 2.24) is 10.2 Å². The second kappa shape index (κ2) is 3.40. The first kappa shape index (κ1) is 8.80. The second-order valence-corrected chi connectivity index (χ2v) is 2.13. The predicted molar refractivity (Wildman–Crippen MR) is 44.6 cm³/mol. The predicted octanol–water partition coefficient (Wildman–Crippen LogP) is -0.920. The first-order valence-electron chi connectivity index (χ1n) is 3.26. The van der Waals surface area contributed by atoms with Gasteiger partial charge in [0.05, 0.1) is 0 Å². The summed E-state index contributed by atoms with van der Waals surface area (Å²) in [6.07, 6.45) is 4.79. The maximum absolute atomic E-state index is 10.6. The van der Waals surface area contributed by atoms with Crippen molar-refractivity contribution in [1.29, 1.82) is 0 Å². The third-order valence-electron chi connectivity index (χ3n) is 1.22. The van der Waals surface area contributed by atoms with E-state index in [9.17, 15) is 9.59 Å². The minimum absolute atomic E-state index is 0.104. The summed E-state index contributed by atoms with van der Waals surface area (Å²) in [4.78, 5) is 21.2. The van der Waals surface area contributed by atoms with Gasteiger partial charge in [-0.25, -0.2) is 0 Å². The number of rotatable bonds is 2. The molecule has 66 valence electrons. The molecule has 0 aromatic carbocycles. The number of H-pyrrole nitrogens is 1. The van der Waals surface area contributed by atoms with E-state index in [0.29, 0.717) is 0 Å². The third-order valence-corrected chi connectivity index (χ3v) is 1.22. The van der Waals surface area contributed by atoms with Crippen LogP contribution in [0.4, 0.5) is 5.82 Å². The Labute approximate surface area is 73.5 Å². The van der Waals surface area contributed by atoms with E-state index < -0.39 is 11.8 Å². The Morgan fingerprint density at radius 3 is 2.85 bits per heavy atom. The van der Waals surface area contributed by atoms with Crippen LogP contribution in [0.3, 0.4) is 0 Å². The fourth-order valence-electron chi connectivity index (χ4n) is 0.664. The van der Waals surface area contributed by atoms with Crippen LogP contribution in [0.15, 0.2) is 6.07 Å². The minimum atomic E-state index is -0.659. The van der Waals surface area contributed by atoms with Gasteiger partial charge in [0.25, 0.3) is 5.91 Å². The van der Waals surface area contributed by atoms with Crippen molar-refractivity contribution >= 4 is 17.6 Å². The van der Waals surface area contributed by atoms with Crippen molar-refractivity contribution < 1.29 is 9.59 Å². The van der Waals surface area contributed by atoms with Gasteiger partial charge in [-0.2, -0.15) is 5.10 Å². The maximum Gasteiger partial charge on any atom is 0.301 e. The summed E-state index contributed by atoms with van der Waals surface area (Å²) in [5, 5.41) is 8.14. The second-order valence-electron chi connectivity index (χ2n) is 2.13. The Balaban J connectivity index is 2.76. The van der Waals surface area contributed by atoms with Gasteiger partial charge in [-0.05, 0) is 5.92 Å². The normalized spacial score (nSPS) is 8.85. The number of terminal acetylenes is 1. The highest BCUT2D eigenvalue weighted by Crippen LogP contribution is 2.03. The van der Waals surface area contributed by atoms with Crippen molar-refractivity contribution in [2.24, 2.45) is 5.73 Å². The van der Waals surface area contributed by atoms with Crippen molar-refractivity contribution in [3.63, 3.8) is 0 Å². The number of anilines is 1. The standard InChI is InChI=1S/C7H6N4O2/c1-2-6(12)9-5-3-4(7(8)13)10-11-5/h1,3H,(H2,8,13)(H2,9,10,11,12). The van der Waals surface area contributed by atoms with Gasteiger partial charge in [0.2, 0.25) is 0 Å². The Morgan fingerprint density at radius 1 is 1.69 bits per heavy atom. The molecule has 0 saturated heterocycles. The van der Waals surface area contributed by atoms with Crippen molar-refractivity contribution in [2.45, 2.75) is 0 Å². The van der Waals surface area contributed by atoms with Gasteiger partial charge in [-0.3, -0.25) is 20.0 Å². The molecular weight excluding hydrogens is 172 g/mol. The van der Waals surface area contributed by atoms with Crippen LogP contribution in [-0.2, 0) is 4.79 Å². The fraction of sp³-hybridized carbons (Fsp3) is 0. The molecule has 0 unspecified atom stereocenters. The first-order valence-corrected chi connectivity index (χ1v) is 3.26. The van der Waals surface area contributed by atoms with Crippen molar-refractivity contribution in [3.8, 4) is 12.3 Å². The van der Waals surface area contributed by atoms with Crippen LogP contribution < -0.4 is 11.1 Å². The molecule has 1 rings (SSSR count). The summed E-state index contributed by atoms with van der Waals surface area (Å²) in [6.45, 7) is 0. The lowest BCUT2D eigenvalue weighted by molar-refractivity contribution is -0.111. The molecule has 0 spiro atoms. The van der Waals surface area contributed by atoms with Gasteiger partial charge < -0.3 is 5.73 Å². The minimum Gasteiger partial charge on any atom is -0.364 e. The molecule has 2 amide bonds. The molecular formula is C7H6N4O2. The Kier molecular flexibility index (Phi) is 2.31. The zero-order valence-corrected chi connectivity index (χ0v) is 6.50. The average molecular weight is 178 g/mol. The highest BCUT2D eigenvalue weighted by atomic mass is 16.2. The fourth-order valence-corrected chi connectivity index (χ4v) is 0.664. The number of carbonyl (C=O) groups is 2. The molecule has 0 bridgehead atoms. The van der Waals surface area contributed by atoms with E-state index >= 15 is 0 Å². The van der Waals surface area contributed by atoms with Gasteiger partial charge in [0.1, 0.15) is 5.69 Å². The molecule has 6 heteroatoms. The summed E-state index contributed by atoms with van der Waals surface area (Å²) >= 11 is 0. The summed E-state index contributed by atoms with van der Waals surface area (Å²) in [7, 11) is 0. The number of hydrogen-bond donors (Lipinski definition) is 3. The summed E-state index contributed by atoms with van der Waals surface area (Å²) in [5.74, 6) is 0.700. The highest BCUT2D eigenvalue weighted by Gasteiger charge is 2.06. The number of aromatic amines is 1. The molecule has 0 aliphatic carbocycles. The zero-order chi connectivity index (χ0) is 9.84. The topological polar surface area (TPSA) is 101 Å². The van der Waals surface area contributed by atoms with E-state index in [0.717, 1.165) is 0 Å². The number of carbonyl (C=O) groups excluding carboxylic acids is 2. The van der Waals surface area contributed by atoms with Crippen molar-refractivity contribution in [3.05, 3.63) is 11.8 Å². The van der Waals surface area contributed by atoms with E-state index in [2.05, 4.69) is 15.5 Å². The van der Waals surface area contributed by atoms with Crippen LogP contribution in [0.2, 0.25) is 0 Å². The summed E-state index contributed by atoms with van der Waals surface area (Å²) < 4.78 is 0. The molecule has 0 atom stereocenters. The van der Waals surface area contributed by atoms with Crippen LogP contribution in [0.1, 0.15) is 10.5 Å². The number of hydrogen-bond acceptors (Lipinski definition) is 3. The Morgan fingerprint density at radius 2 is 2.38 bits per heavy atom. The van der Waals surface area contributed by atoms with Gasteiger partial charge in [0.15, 0.2) is 5.82 Å². The molecule has 0 aliphatic heterocycles. The van der Waals surface area contributed by atoms with Gasteiger partial charge >= 0.3 is 5.91 Å². The Bertz CT molecular complexity index is 387. The number of nitrogens with zero attached hydrogens (tertiary/aromatic N) is 1. The Hall–Kier alpha value is -2.29. The molecule has 6 nitrogen and oxygen atoms in total. The van der Waals surface area contributed by atoms with Gasteiger partial charge in [0, 0.05) is 6.07 Å². The highest BCUT2D eigenvalue weighted by molar-refractivity contribution is 6.03. The lowest BCUT2D eigenvalue weighted by Crippen LogP contribution is -2.11. The van der Waals surface area contributed by atoms with Crippen LogP contribution in [0.5, 0.6) is 0 Å². The number of aromatic nitrogens is 2. The number of amides is 2. The maximum atomic E-state index is 10.6. The number of nitrogens with one attached hydrogen (secondary N) is 2. The molecule has 1 aromatic heterocycles. The molecule has 4 N–H and O–H groups in total. The van der Waals surface area contributed by atoms with Crippen LogP contribution in [0.25, 0.3) is 0 Å². The molecule has 0 radical (unpaired) electrons. The molecule has 1 aromatic rings. The molecule has 0 aliphatic rings. The quantitative estimate of drug-likeness (QED) is 0.510. The zero-order valence-electron chi connectivity index (χ0n) is 6.50. The van der Waals surface area contributed by atoms with Crippen molar-refractivity contribution in [2.75, 3.05) is 5.32 Å².